The van der Waals surface area contributed by atoms with E-state index in [9.17, 15) is 4.79 Å². The van der Waals surface area contributed by atoms with Crippen LogP contribution in [0.25, 0.3) is 0 Å². The summed E-state index contributed by atoms with van der Waals surface area (Å²) in [6, 6.07) is 5.49. The van der Waals surface area contributed by atoms with Crippen molar-refractivity contribution in [2.75, 3.05) is 30.7 Å². The lowest BCUT2D eigenvalue weighted by Crippen LogP contribution is -2.21. The van der Waals surface area contributed by atoms with Gasteiger partial charge >= 0.3 is 0 Å². The molecule has 0 unspecified atom stereocenters. The van der Waals surface area contributed by atoms with Crippen molar-refractivity contribution in [2.24, 2.45) is 0 Å². The quantitative estimate of drug-likeness (QED) is 0.797. The van der Waals surface area contributed by atoms with Crippen LogP contribution in [-0.2, 0) is 9.63 Å². The van der Waals surface area contributed by atoms with E-state index in [1.807, 2.05) is 24.1 Å². The smallest absolute Gasteiger partial charge is 0.224 e. The summed E-state index contributed by atoms with van der Waals surface area (Å²) in [4.78, 5) is 17.2. The predicted octanol–water partition coefficient (Wildman–Crippen LogP) is 1.93. The number of nitrogen functional groups attached to an aromatic ring is 1. The van der Waals surface area contributed by atoms with Gasteiger partial charge in [0.15, 0.2) is 0 Å². The molecular formula is C14H21N3O2. The van der Waals surface area contributed by atoms with E-state index in [4.69, 9.17) is 10.6 Å². The van der Waals surface area contributed by atoms with Crippen LogP contribution in [0.3, 0.4) is 0 Å². The molecule has 5 heteroatoms. The van der Waals surface area contributed by atoms with Gasteiger partial charge in [-0.15, -0.1) is 0 Å². The summed E-state index contributed by atoms with van der Waals surface area (Å²) < 4.78 is 0. The summed E-state index contributed by atoms with van der Waals surface area (Å²) in [5.41, 5.74) is 8.20. The first-order valence-electron chi connectivity index (χ1n) is 6.69. The summed E-state index contributed by atoms with van der Waals surface area (Å²) in [5, 5.41) is 4.84. The van der Waals surface area contributed by atoms with Gasteiger partial charge in [-0.1, -0.05) is 0 Å². The highest BCUT2D eigenvalue weighted by Crippen LogP contribution is 2.18. The number of hydroxylamine groups is 2. The maximum atomic E-state index is 11.8. The van der Waals surface area contributed by atoms with E-state index < -0.39 is 0 Å². The number of hydrogen-bond acceptors (Lipinski definition) is 4. The molecule has 0 aromatic heterocycles. The van der Waals surface area contributed by atoms with Crippen molar-refractivity contribution in [3.8, 4) is 0 Å². The number of benzene rings is 1. The molecule has 3 N–H and O–H groups in total. The molecule has 1 aliphatic rings. The first-order valence-corrected chi connectivity index (χ1v) is 6.69. The molecule has 1 fully saturated rings. The van der Waals surface area contributed by atoms with Gasteiger partial charge in [0.25, 0.3) is 0 Å². The number of amides is 1. The third-order valence-electron chi connectivity index (χ3n) is 3.16. The number of aryl methyl sites for hydroxylation is 1. The van der Waals surface area contributed by atoms with E-state index >= 15 is 0 Å². The number of hydrogen-bond donors (Lipinski definition) is 2. The van der Waals surface area contributed by atoms with Crippen molar-refractivity contribution in [3.63, 3.8) is 0 Å². The molecule has 0 radical (unpaired) electrons. The molecule has 104 valence electrons. The Morgan fingerprint density at radius 1 is 1.53 bits per heavy atom. The molecule has 1 amide bonds. The Bertz CT molecular complexity index is 442. The van der Waals surface area contributed by atoms with Crippen molar-refractivity contribution in [1.82, 2.24) is 5.06 Å². The van der Waals surface area contributed by atoms with Gasteiger partial charge in [-0.2, -0.15) is 5.06 Å². The van der Waals surface area contributed by atoms with E-state index in [1.165, 1.54) is 0 Å². The number of rotatable bonds is 5. The van der Waals surface area contributed by atoms with E-state index in [2.05, 4.69) is 5.32 Å². The average Bonchev–Trinajstić information content (AvgIpc) is 2.86. The molecule has 0 aliphatic carbocycles. The lowest BCUT2D eigenvalue weighted by Gasteiger charge is -2.13. The molecule has 5 nitrogen and oxygen atoms in total. The van der Waals surface area contributed by atoms with Crippen LogP contribution in [-0.4, -0.2) is 30.7 Å². The summed E-state index contributed by atoms with van der Waals surface area (Å²) in [7, 11) is 0. The normalized spacial score (nSPS) is 15.6. The lowest BCUT2D eigenvalue weighted by atomic mass is 10.1. The largest absolute Gasteiger partial charge is 0.399 e. The van der Waals surface area contributed by atoms with Gasteiger partial charge in [0.05, 0.1) is 6.61 Å². The number of carbonyl (C=O) groups excluding carboxylic acids is 1. The molecule has 2 rings (SSSR count). The highest BCUT2D eigenvalue weighted by Gasteiger charge is 2.12. The number of carbonyl (C=O) groups is 1. The van der Waals surface area contributed by atoms with Crippen LogP contribution in [0.2, 0.25) is 0 Å². The van der Waals surface area contributed by atoms with Crippen molar-refractivity contribution in [3.05, 3.63) is 23.8 Å². The predicted molar refractivity (Wildman–Crippen MR) is 75.6 cm³/mol. The highest BCUT2D eigenvalue weighted by molar-refractivity contribution is 5.91. The number of nitrogens with two attached hydrogens (primary N) is 1. The minimum Gasteiger partial charge on any atom is -0.399 e. The highest BCUT2D eigenvalue weighted by atomic mass is 16.7. The van der Waals surface area contributed by atoms with Gasteiger partial charge < -0.3 is 11.1 Å². The van der Waals surface area contributed by atoms with Gasteiger partial charge in [-0.3, -0.25) is 9.63 Å². The molecule has 1 aromatic carbocycles. The lowest BCUT2D eigenvalue weighted by molar-refractivity contribution is -0.120. The topological polar surface area (TPSA) is 67.6 Å². The van der Waals surface area contributed by atoms with Crippen LogP contribution in [0.1, 0.15) is 24.8 Å². The number of nitrogens with one attached hydrogen (secondary N) is 1. The van der Waals surface area contributed by atoms with Crippen LogP contribution in [0.4, 0.5) is 11.4 Å². The summed E-state index contributed by atoms with van der Waals surface area (Å²) >= 11 is 0. The minimum absolute atomic E-state index is 0.0343. The van der Waals surface area contributed by atoms with Gasteiger partial charge in [0.2, 0.25) is 5.91 Å². The number of nitrogens with zero attached hydrogens (tertiary/aromatic N) is 1. The molecule has 0 saturated carbocycles. The molecule has 1 aliphatic heterocycles. The Morgan fingerprint density at radius 2 is 2.37 bits per heavy atom. The van der Waals surface area contributed by atoms with Gasteiger partial charge in [-0.25, -0.2) is 0 Å². The van der Waals surface area contributed by atoms with Crippen LogP contribution >= 0.6 is 0 Å². The van der Waals surface area contributed by atoms with Gasteiger partial charge in [0, 0.05) is 30.9 Å². The summed E-state index contributed by atoms with van der Waals surface area (Å²) in [6.45, 7) is 4.52. The third-order valence-corrected chi connectivity index (χ3v) is 3.16. The van der Waals surface area contributed by atoms with Crippen molar-refractivity contribution in [1.29, 1.82) is 0 Å². The van der Waals surface area contributed by atoms with Crippen LogP contribution in [0.5, 0.6) is 0 Å². The van der Waals surface area contributed by atoms with Crippen LogP contribution < -0.4 is 11.1 Å². The zero-order valence-electron chi connectivity index (χ0n) is 11.3. The minimum atomic E-state index is 0.0343. The second-order valence-corrected chi connectivity index (χ2v) is 4.84. The monoisotopic (exact) mass is 263 g/mol. The van der Waals surface area contributed by atoms with Crippen molar-refractivity contribution >= 4 is 17.3 Å². The standard InChI is InChI=1S/C14H21N3O2/c1-11-10-12(15)5-6-13(11)16-14(18)4-2-7-17-8-3-9-19-17/h5-6,10H,2-4,7-9,15H2,1H3,(H,16,18). The Morgan fingerprint density at radius 3 is 3.05 bits per heavy atom. The third kappa shape index (κ3) is 4.22. The number of anilines is 2. The Kier molecular flexibility index (Phi) is 4.76. The fraction of sp³-hybridized carbons (Fsp3) is 0.500. The van der Waals surface area contributed by atoms with E-state index in [-0.39, 0.29) is 5.91 Å². The average molecular weight is 263 g/mol. The first-order chi connectivity index (χ1) is 9.15. The molecule has 0 bridgehead atoms. The molecular weight excluding hydrogens is 242 g/mol. The summed E-state index contributed by atoms with van der Waals surface area (Å²) in [5.74, 6) is 0.0343. The molecule has 19 heavy (non-hydrogen) atoms. The zero-order chi connectivity index (χ0) is 13.7. The van der Waals surface area contributed by atoms with Crippen molar-refractivity contribution in [2.45, 2.75) is 26.2 Å². The Hall–Kier alpha value is -1.59. The second-order valence-electron chi connectivity index (χ2n) is 4.84. The molecule has 1 aromatic rings. The Labute approximate surface area is 113 Å². The maximum absolute atomic E-state index is 11.8. The SMILES string of the molecule is Cc1cc(N)ccc1NC(=O)CCCN1CCCO1. The molecule has 1 heterocycles. The van der Waals surface area contributed by atoms with Gasteiger partial charge in [0.1, 0.15) is 0 Å². The Balaban J connectivity index is 1.74. The molecule has 1 saturated heterocycles. The van der Waals surface area contributed by atoms with Gasteiger partial charge in [-0.05, 0) is 43.5 Å². The fourth-order valence-corrected chi connectivity index (χ4v) is 2.13. The molecule has 0 spiro atoms. The summed E-state index contributed by atoms with van der Waals surface area (Å²) in [6.07, 6.45) is 2.39. The van der Waals surface area contributed by atoms with Crippen molar-refractivity contribution < 1.29 is 9.63 Å². The molecule has 0 atom stereocenters. The second kappa shape index (κ2) is 6.54. The van der Waals surface area contributed by atoms with Crippen LogP contribution in [0.15, 0.2) is 18.2 Å². The van der Waals surface area contributed by atoms with E-state index in [0.29, 0.717) is 12.1 Å². The van der Waals surface area contributed by atoms with Crippen LogP contribution in [0, 0.1) is 6.92 Å². The van der Waals surface area contributed by atoms with E-state index in [0.717, 1.165) is 43.8 Å². The first kappa shape index (κ1) is 13.8. The maximum Gasteiger partial charge on any atom is 0.224 e. The fourth-order valence-electron chi connectivity index (χ4n) is 2.13. The zero-order valence-corrected chi connectivity index (χ0v) is 11.3. The van der Waals surface area contributed by atoms with E-state index in [1.54, 1.807) is 6.07 Å².